The van der Waals surface area contributed by atoms with Crippen LogP contribution in [0, 0.1) is 0 Å². The molecule has 1 aromatic heterocycles. The van der Waals surface area contributed by atoms with Crippen molar-refractivity contribution in [2.24, 2.45) is 0 Å². The molecule has 0 atom stereocenters. The monoisotopic (exact) mass is 390 g/mol. The number of pyridine rings is 1. The third-order valence-electron chi connectivity index (χ3n) is 3.07. The van der Waals surface area contributed by atoms with Gasteiger partial charge in [-0.05, 0) is 61.7 Å². The Morgan fingerprint density at radius 1 is 0.950 bits per heavy atom. The summed E-state index contributed by atoms with van der Waals surface area (Å²) in [6.45, 7) is 0.770. The van der Waals surface area contributed by atoms with Gasteiger partial charge in [0.05, 0.1) is 17.4 Å². The molecule has 0 amide bonds. The van der Waals surface area contributed by atoms with Gasteiger partial charge in [-0.25, -0.2) is 0 Å². The molecule has 4 heteroatoms. The predicted octanol–water partition coefficient (Wildman–Crippen LogP) is 5.37. The van der Waals surface area contributed by atoms with Crippen LogP contribution in [0.4, 0.5) is 5.69 Å². The van der Waals surface area contributed by atoms with E-state index in [4.69, 9.17) is 0 Å². The summed E-state index contributed by atoms with van der Waals surface area (Å²) in [5.74, 6) is 0. The number of hydrogen-bond acceptors (Lipinski definition) is 2. The van der Waals surface area contributed by atoms with Crippen molar-refractivity contribution in [1.82, 2.24) is 4.98 Å². The van der Waals surface area contributed by atoms with E-state index in [1.165, 1.54) is 5.56 Å². The number of nitrogens with zero attached hydrogens (tertiary/aromatic N) is 1. The molecule has 0 saturated carbocycles. The molecule has 0 radical (unpaired) electrons. The molecule has 1 N–H and O–H groups in total. The first-order chi connectivity index (χ1) is 9.72. The lowest BCUT2D eigenvalue weighted by molar-refractivity contribution is 1.14. The zero-order chi connectivity index (χ0) is 13.9. The molecule has 0 fully saturated rings. The Morgan fingerprint density at radius 2 is 1.80 bits per heavy atom. The van der Waals surface area contributed by atoms with Gasteiger partial charge in [0.1, 0.15) is 0 Å². The first-order valence-electron chi connectivity index (χ1n) is 6.25. The fraction of sp³-hybridized carbons (Fsp3) is 0.0625. The molecule has 1 heterocycles. The van der Waals surface area contributed by atoms with Crippen LogP contribution in [0.2, 0.25) is 0 Å². The molecule has 3 aromatic rings. The number of rotatable bonds is 3. The number of benzene rings is 2. The number of nitrogens with one attached hydrogen (secondary N) is 1. The lowest BCUT2D eigenvalue weighted by Crippen LogP contribution is -1.99. The van der Waals surface area contributed by atoms with Crippen molar-refractivity contribution in [2.45, 2.75) is 6.54 Å². The maximum Gasteiger partial charge on any atom is 0.0703 e. The summed E-state index contributed by atoms with van der Waals surface area (Å²) in [7, 11) is 0. The van der Waals surface area contributed by atoms with E-state index >= 15 is 0 Å². The quantitative estimate of drug-likeness (QED) is 0.648. The maximum atomic E-state index is 4.45. The summed E-state index contributed by atoms with van der Waals surface area (Å²) < 4.78 is 2.13. The molecule has 20 heavy (non-hydrogen) atoms. The second-order valence-electron chi connectivity index (χ2n) is 4.52. The summed E-state index contributed by atoms with van der Waals surface area (Å²) in [5.41, 5.74) is 3.26. The van der Waals surface area contributed by atoms with E-state index in [1.807, 2.05) is 30.5 Å². The van der Waals surface area contributed by atoms with Crippen molar-refractivity contribution in [2.75, 3.05) is 5.32 Å². The Balaban J connectivity index is 1.77. The molecule has 0 spiro atoms. The number of aromatic nitrogens is 1. The minimum absolute atomic E-state index is 0.770. The zero-order valence-electron chi connectivity index (χ0n) is 10.6. The summed E-state index contributed by atoms with van der Waals surface area (Å²) >= 11 is 6.99. The Labute approximate surface area is 134 Å². The van der Waals surface area contributed by atoms with Crippen molar-refractivity contribution < 1.29 is 0 Å². The Hall–Kier alpha value is -1.39. The standard InChI is InChI=1S/C16H12Br2N2/c17-14-6-5-11(7-15(14)18)9-19-13-8-12-3-1-2-4-16(12)20-10-13/h1-8,10,19H,9H2. The Kier molecular flexibility index (Phi) is 4.03. The van der Waals surface area contributed by atoms with Crippen LogP contribution in [0.5, 0.6) is 0 Å². The van der Waals surface area contributed by atoms with Gasteiger partial charge in [-0.15, -0.1) is 0 Å². The highest BCUT2D eigenvalue weighted by molar-refractivity contribution is 9.13. The Bertz CT molecular complexity index is 756. The van der Waals surface area contributed by atoms with Crippen molar-refractivity contribution in [3.05, 3.63) is 69.2 Å². The average Bonchev–Trinajstić information content (AvgIpc) is 2.48. The SMILES string of the molecule is Brc1ccc(CNc2cnc3ccccc3c2)cc1Br. The van der Waals surface area contributed by atoms with Crippen LogP contribution in [-0.2, 0) is 6.54 Å². The van der Waals surface area contributed by atoms with E-state index in [2.05, 4.69) is 66.4 Å². The van der Waals surface area contributed by atoms with E-state index in [0.717, 1.165) is 32.1 Å². The topological polar surface area (TPSA) is 24.9 Å². The molecule has 0 aliphatic heterocycles. The number of fused-ring (bicyclic) bond motifs is 1. The molecule has 100 valence electrons. The van der Waals surface area contributed by atoms with E-state index in [9.17, 15) is 0 Å². The molecular formula is C16H12Br2N2. The third-order valence-corrected chi connectivity index (χ3v) is 4.95. The molecule has 2 nitrogen and oxygen atoms in total. The molecule has 0 bridgehead atoms. The molecule has 0 saturated heterocycles. The molecule has 0 aliphatic carbocycles. The van der Waals surface area contributed by atoms with Crippen LogP contribution in [0.25, 0.3) is 10.9 Å². The minimum atomic E-state index is 0.770. The molecule has 3 rings (SSSR count). The van der Waals surface area contributed by atoms with Gasteiger partial charge in [0, 0.05) is 20.9 Å². The summed E-state index contributed by atoms with van der Waals surface area (Å²) in [6.07, 6.45) is 1.87. The second kappa shape index (κ2) is 5.94. The van der Waals surface area contributed by atoms with Gasteiger partial charge in [0.25, 0.3) is 0 Å². The van der Waals surface area contributed by atoms with E-state index < -0.39 is 0 Å². The number of para-hydroxylation sites is 1. The smallest absolute Gasteiger partial charge is 0.0703 e. The fourth-order valence-electron chi connectivity index (χ4n) is 2.02. The van der Waals surface area contributed by atoms with Gasteiger partial charge in [-0.2, -0.15) is 0 Å². The van der Waals surface area contributed by atoms with Gasteiger partial charge in [0.2, 0.25) is 0 Å². The van der Waals surface area contributed by atoms with Crippen LogP contribution in [-0.4, -0.2) is 4.98 Å². The molecular weight excluding hydrogens is 380 g/mol. The summed E-state index contributed by atoms with van der Waals surface area (Å²) in [6, 6.07) is 16.5. The lowest BCUT2D eigenvalue weighted by Gasteiger charge is -2.08. The average molecular weight is 392 g/mol. The highest BCUT2D eigenvalue weighted by atomic mass is 79.9. The highest BCUT2D eigenvalue weighted by Gasteiger charge is 2.00. The first-order valence-corrected chi connectivity index (χ1v) is 7.83. The van der Waals surface area contributed by atoms with Crippen LogP contribution in [0.15, 0.2) is 63.7 Å². The fourth-order valence-corrected chi connectivity index (χ4v) is 2.69. The molecule has 0 aliphatic rings. The third kappa shape index (κ3) is 3.02. The predicted molar refractivity (Wildman–Crippen MR) is 90.9 cm³/mol. The van der Waals surface area contributed by atoms with Gasteiger partial charge >= 0.3 is 0 Å². The number of hydrogen-bond donors (Lipinski definition) is 1. The van der Waals surface area contributed by atoms with Gasteiger partial charge in [0.15, 0.2) is 0 Å². The summed E-state index contributed by atoms with van der Waals surface area (Å²) in [5, 5.41) is 4.55. The van der Waals surface area contributed by atoms with Gasteiger partial charge < -0.3 is 5.32 Å². The zero-order valence-corrected chi connectivity index (χ0v) is 13.8. The lowest BCUT2D eigenvalue weighted by atomic mass is 10.2. The van der Waals surface area contributed by atoms with Crippen molar-refractivity contribution in [3.8, 4) is 0 Å². The van der Waals surface area contributed by atoms with Crippen LogP contribution in [0.3, 0.4) is 0 Å². The first kappa shape index (κ1) is 13.6. The van der Waals surface area contributed by atoms with Crippen molar-refractivity contribution in [3.63, 3.8) is 0 Å². The van der Waals surface area contributed by atoms with Crippen molar-refractivity contribution >= 4 is 48.5 Å². The van der Waals surface area contributed by atoms with Gasteiger partial charge in [-0.3, -0.25) is 4.98 Å². The Morgan fingerprint density at radius 3 is 2.65 bits per heavy atom. The minimum Gasteiger partial charge on any atom is -0.380 e. The molecule has 2 aromatic carbocycles. The summed E-state index contributed by atoms with van der Waals surface area (Å²) in [4.78, 5) is 4.45. The normalized spacial score (nSPS) is 10.7. The van der Waals surface area contributed by atoms with E-state index in [-0.39, 0.29) is 0 Å². The molecule has 0 unspecified atom stereocenters. The highest BCUT2D eigenvalue weighted by Crippen LogP contribution is 2.24. The number of halogens is 2. The largest absolute Gasteiger partial charge is 0.380 e. The number of anilines is 1. The van der Waals surface area contributed by atoms with E-state index in [1.54, 1.807) is 0 Å². The maximum absolute atomic E-state index is 4.45. The second-order valence-corrected chi connectivity index (χ2v) is 6.23. The van der Waals surface area contributed by atoms with Crippen LogP contribution in [0.1, 0.15) is 5.56 Å². The van der Waals surface area contributed by atoms with Crippen LogP contribution >= 0.6 is 31.9 Å². The van der Waals surface area contributed by atoms with Crippen molar-refractivity contribution in [1.29, 1.82) is 0 Å². The van der Waals surface area contributed by atoms with Crippen LogP contribution < -0.4 is 5.32 Å². The van der Waals surface area contributed by atoms with Gasteiger partial charge in [-0.1, -0.05) is 24.3 Å². The van der Waals surface area contributed by atoms with E-state index in [0.29, 0.717) is 0 Å².